The molecule has 3 heteroatoms. The second kappa shape index (κ2) is 9.13. The fourth-order valence-corrected chi connectivity index (χ4v) is 1.60. The maximum atomic E-state index is 5.47. The number of methoxy groups -OCH3 is 1. The van der Waals surface area contributed by atoms with Gasteiger partial charge in [0.15, 0.2) is 0 Å². The highest BCUT2D eigenvalue weighted by Crippen LogP contribution is 2.06. The Morgan fingerprint density at radius 2 is 1.80 bits per heavy atom. The van der Waals surface area contributed by atoms with Crippen LogP contribution in [0.5, 0.6) is 0 Å². The van der Waals surface area contributed by atoms with Crippen molar-refractivity contribution in [2.45, 2.75) is 46.2 Å². The normalized spacial score (nSPS) is 15.6. The molecule has 0 aliphatic carbocycles. The van der Waals surface area contributed by atoms with E-state index in [1.54, 1.807) is 7.11 Å². The van der Waals surface area contributed by atoms with Crippen LogP contribution >= 0.6 is 0 Å². The highest BCUT2D eigenvalue weighted by atomic mass is 16.5. The van der Waals surface area contributed by atoms with E-state index in [1.165, 1.54) is 6.42 Å². The summed E-state index contributed by atoms with van der Waals surface area (Å²) in [5.74, 6) is 0.677. The number of hydrogen-bond donors (Lipinski definition) is 1. The van der Waals surface area contributed by atoms with Crippen molar-refractivity contribution in [3.8, 4) is 0 Å². The molecule has 0 bridgehead atoms. The third-order valence-corrected chi connectivity index (χ3v) is 2.54. The second-order valence-electron chi connectivity index (χ2n) is 4.39. The summed E-state index contributed by atoms with van der Waals surface area (Å²) >= 11 is 0. The summed E-state index contributed by atoms with van der Waals surface area (Å²) in [6, 6.07) is 1.00. The first-order chi connectivity index (χ1) is 7.11. The van der Waals surface area contributed by atoms with Crippen LogP contribution in [0.1, 0.15) is 34.1 Å². The molecule has 0 aromatic heterocycles. The minimum Gasteiger partial charge on any atom is -0.382 e. The zero-order chi connectivity index (χ0) is 11.7. The van der Waals surface area contributed by atoms with Crippen LogP contribution in [0.25, 0.3) is 0 Å². The van der Waals surface area contributed by atoms with Crippen LogP contribution < -0.4 is 5.32 Å². The Morgan fingerprint density at radius 1 is 1.13 bits per heavy atom. The molecule has 0 radical (unpaired) electrons. The first kappa shape index (κ1) is 14.9. The molecule has 0 spiro atoms. The van der Waals surface area contributed by atoms with Crippen molar-refractivity contribution in [2.75, 3.05) is 26.9 Å². The highest BCUT2D eigenvalue weighted by molar-refractivity contribution is 4.72. The van der Waals surface area contributed by atoms with Gasteiger partial charge in [0.25, 0.3) is 0 Å². The summed E-state index contributed by atoms with van der Waals surface area (Å²) in [7, 11) is 1.69. The van der Waals surface area contributed by atoms with Crippen molar-refractivity contribution < 1.29 is 9.47 Å². The molecular weight excluding hydrogens is 190 g/mol. The largest absolute Gasteiger partial charge is 0.382 e. The van der Waals surface area contributed by atoms with Crippen LogP contribution in [0.15, 0.2) is 0 Å². The van der Waals surface area contributed by atoms with Crippen molar-refractivity contribution >= 4 is 0 Å². The first-order valence-electron chi connectivity index (χ1n) is 5.94. The van der Waals surface area contributed by atoms with E-state index in [0.717, 1.165) is 6.61 Å². The predicted octanol–water partition coefficient (Wildman–Crippen LogP) is 2.06. The minimum atomic E-state index is 0.411. The Balaban J connectivity index is 3.57. The minimum absolute atomic E-state index is 0.411. The van der Waals surface area contributed by atoms with E-state index in [1.807, 2.05) is 0 Å². The van der Waals surface area contributed by atoms with E-state index < -0.39 is 0 Å². The van der Waals surface area contributed by atoms with Gasteiger partial charge in [-0.25, -0.2) is 0 Å². The third-order valence-electron chi connectivity index (χ3n) is 2.54. The van der Waals surface area contributed by atoms with Crippen molar-refractivity contribution in [1.82, 2.24) is 5.32 Å². The summed E-state index contributed by atoms with van der Waals surface area (Å²) in [5.41, 5.74) is 0. The molecule has 0 saturated carbocycles. The van der Waals surface area contributed by atoms with Gasteiger partial charge in [-0.15, -0.1) is 0 Å². The van der Waals surface area contributed by atoms with Crippen LogP contribution in [-0.4, -0.2) is 39.0 Å². The lowest BCUT2D eigenvalue weighted by atomic mass is 10.0. The lowest BCUT2D eigenvalue weighted by molar-refractivity contribution is 0.0582. The lowest BCUT2D eigenvalue weighted by Crippen LogP contribution is -2.41. The number of nitrogens with one attached hydrogen (secondary N) is 1. The number of rotatable bonds is 9. The highest BCUT2D eigenvalue weighted by Gasteiger charge is 2.13. The Hall–Kier alpha value is -0.120. The zero-order valence-corrected chi connectivity index (χ0v) is 10.9. The Labute approximate surface area is 94.5 Å². The Morgan fingerprint density at radius 3 is 2.27 bits per heavy atom. The summed E-state index contributed by atoms with van der Waals surface area (Å²) in [4.78, 5) is 0. The molecule has 0 aromatic rings. The fourth-order valence-electron chi connectivity index (χ4n) is 1.60. The molecule has 0 fully saturated rings. The molecule has 0 heterocycles. The van der Waals surface area contributed by atoms with E-state index in [9.17, 15) is 0 Å². The van der Waals surface area contributed by atoms with Crippen LogP contribution in [0, 0.1) is 5.92 Å². The van der Waals surface area contributed by atoms with E-state index in [0.29, 0.717) is 31.2 Å². The molecule has 0 saturated heterocycles. The van der Waals surface area contributed by atoms with Crippen molar-refractivity contribution in [3.05, 3.63) is 0 Å². The topological polar surface area (TPSA) is 30.5 Å². The molecule has 2 atom stereocenters. The smallest absolute Gasteiger partial charge is 0.0701 e. The third kappa shape index (κ3) is 7.77. The summed E-state index contributed by atoms with van der Waals surface area (Å²) in [6.45, 7) is 11.0. The van der Waals surface area contributed by atoms with Crippen LogP contribution in [0.2, 0.25) is 0 Å². The molecule has 0 aliphatic rings. The molecule has 0 aliphatic heterocycles. The molecule has 92 valence electrons. The number of hydrogen-bond acceptors (Lipinski definition) is 3. The van der Waals surface area contributed by atoms with E-state index >= 15 is 0 Å². The van der Waals surface area contributed by atoms with Gasteiger partial charge in [-0.3, -0.25) is 0 Å². The predicted molar refractivity (Wildman–Crippen MR) is 64.2 cm³/mol. The monoisotopic (exact) mass is 217 g/mol. The first-order valence-corrected chi connectivity index (χ1v) is 5.94. The Bertz CT molecular complexity index is 140. The van der Waals surface area contributed by atoms with Crippen molar-refractivity contribution in [2.24, 2.45) is 5.92 Å². The molecule has 1 N–H and O–H groups in total. The molecule has 2 unspecified atom stereocenters. The molecule has 15 heavy (non-hydrogen) atoms. The lowest BCUT2D eigenvalue weighted by Gasteiger charge is -2.25. The maximum absolute atomic E-state index is 5.47. The molecular formula is C12H27NO2. The fraction of sp³-hybridized carbons (Fsp3) is 1.00. The van der Waals surface area contributed by atoms with Crippen molar-refractivity contribution in [1.29, 1.82) is 0 Å². The average molecular weight is 217 g/mol. The standard InChI is InChI=1S/C12H27NO2/c1-6-12(10(2)3)13-11(4)9-15-8-7-14-5/h10-13H,6-9H2,1-5H3. The van der Waals surface area contributed by atoms with Crippen LogP contribution in [0.4, 0.5) is 0 Å². The van der Waals surface area contributed by atoms with Crippen molar-refractivity contribution in [3.63, 3.8) is 0 Å². The summed E-state index contributed by atoms with van der Waals surface area (Å²) in [5, 5.41) is 3.58. The van der Waals surface area contributed by atoms with Gasteiger partial charge in [0.2, 0.25) is 0 Å². The second-order valence-corrected chi connectivity index (χ2v) is 4.39. The van der Waals surface area contributed by atoms with E-state index in [-0.39, 0.29) is 0 Å². The van der Waals surface area contributed by atoms with Crippen LogP contribution in [0.3, 0.4) is 0 Å². The van der Waals surface area contributed by atoms with Gasteiger partial charge in [-0.2, -0.15) is 0 Å². The number of ether oxygens (including phenoxy) is 2. The zero-order valence-electron chi connectivity index (χ0n) is 10.9. The van der Waals surface area contributed by atoms with E-state index in [4.69, 9.17) is 9.47 Å². The summed E-state index contributed by atoms with van der Waals surface area (Å²) < 4.78 is 10.4. The molecule has 0 aromatic carbocycles. The van der Waals surface area contributed by atoms with Gasteiger partial charge in [-0.05, 0) is 19.3 Å². The van der Waals surface area contributed by atoms with E-state index in [2.05, 4.69) is 33.0 Å². The molecule has 0 rings (SSSR count). The van der Waals surface area contributed by atoms with Gasteiger partial charge < -0.3 is 14.8 Å². The van der Waals surface area contributed by atoms with Crippen LogP contribution in [-0.2, 0) is 9.47 Å². The van der Waals surface area contributed by atoms with Gasteiger partial charge in [0.05, 0.1) is 19.8 Å². The Kier molecular flexibility index (Phi) is 9.06. The van der Waals surface area contributed by atoms with Gasteiger partial charge in [0, 0.05) is 19.2 Å². The molecule has 0 amide bonds. The average Bonchev–Trinajstić information content (AvgIpc) is 2.20. The quantitative estimate of drug-likeness (QED) is 0.600. The van der Waals surface area contributed by atoms with Gasteiger partial charge >= 0.3 is 0 Å². The van der Waals surface area contributed by atoms with Gasteiger partial charge in [-0.1, -0.05) is 20.8 Å². The maximum Gasteiger partial charge on any atom is 0.0701 e. The van der Waals surface area contributed by atoms with Gasteiger partial charge in [0.1, 0.15) is 0 Å². The molecule has 3 nitrogen and oxygen atoms in total. The SMILES string of the molecule is CCC(NC(C)COCCOC)C(C)C. The summed E-state index contributed by atoms with van der Waals surface area (Å²) in [6.07, 6.45) is 1.17.